The first kappa shape index (κ1) is 15.3. The zero-order valence-electron chi connectivity index (χ0n) is 12.3. The average molecular weight is 340 g/mol. The van der Waals surface area contributed by atoms with Gasteiger partial charge in [0, 0.05) is 23.8 Å². The number of amides is 1. The molecule has 0 spiro atoms. The monoisotopic (exact) mass is 339 g/mol. The Bertz CT molecular complexity index is 502. The van der Waals surface area contributed by atoms with E-state index in [9.17, 15) is 4.79 Å². The summed E-state index contributed by atoms with van der Waals surface area (Å²) < 4.78 is 0.811. The van der Waals surface area contributed by atoms with Gasteiger partial charge in [-0.05, 0) is 46.7 Å². The standard InChI is InChI=1S/C15H22BrN3O/c1-15(2)6-4-5-11(8-15)19-14(20)12-7-10(16)9-18-13(12)17-3/h7,9,11H,4-6,8H2,1-3H3,(H,17,18)(H,19,20). The highest BCUT2D eigenvalue weighted by Crippen LogP contribution is 2.35. The van der Waals surface area contributed by atoms with Crippen LogP contribution < -0.4 is 10.6 Å². The molecule has 4 nitrogen and oxygen atoms in total. The third-order valence-electron chi connectivity index (χ3n) is 3.88. The highest BCUT2D eigenvalue weighted by Gasteiger charge is 2.29. The lowest BCUT2D eigenvalue weighted by Gasteiger charge is -2.35. The van der Waals surface area contributed by atoms with E-state index in [-0.39, 0.29) is 11.9 Å². The van der Waals surface area contributed by atoms with E-state index in [1.807, 2.05) is 6.07 Å². The lowest BCUT2D eigenvalue weighted by atomic mass is 9.75. The van der Waals surface area contributed by atoms with Crippen LogP contribution in [0.2, 0.25) is 0 Å². The highest BCUT2D eigenvalue weighted by atomic mass is 79.9. The van der Waals surface area contributed by atoms with Crippen molar-refractivity contribution in [3.8, 4) is 0 Å². The van der Waals surface area contributed by atoms with Gasteiger partial charge in [0.2, 0.25) is 0 Å². The molecular formula is C15H22BrN3O. The summed E-state index contributed by atoms with van der Waals surface area (Å²) in [5.41, 5.74) is 0.905. The number of nitrogens with one attached hydrogen (secondary N) is 2. The van der Waals surface area contributed by atoms with Crippen molar-refractivity contribution in [2.75, 3.05) is 12.4 Å². The zero-order chi connectivity index (χ0) is 14.8. The second-order valence-electron chi connectivity index (χ2n) is 6.23. The van der Waals surface area contributed by atoms with Crippen LogP contribution in [0, 0.1) is 5.41 Å². The summed E-state index contributed by atoms with van der Waals surface area (Å²) in [5, 5.41) is 6.12. The van der Waals surface area contributed by atoms with E-state index in [1.165, 1.54) is 12.8 Å². The normalized spacial score (nSPS) is 21.3. The molecule has 5 heteroatoms. The second-order valence-corrected chi connectivity index (χ2v) is 7.15. The summed E-state index contributed by atoms with van der Waals surface area (Å²) in [4.78, 5) is 16.7. The Morgan fingerprint density at radius 2 is 2.25 bits per heavy atom. The Morgan fingerprint density at radius 1 is 1.50 bits per heavy atom. The molecule has 1 saturated carbocycles. The lowest BCUT2D eigenvalue weighted by Crippen LogP contribution is -2.40. The topological polar surface area (TPSA) is 54.0 Å². The summed E-state index contributed by atoms with van der Waals surface area (Å²) in [7, 11) is 1.77. The molecule has 2 rings (SSSR count). The number of carbonyl (C=O) groups excluding carboxylic acids is 1. The van der Waals surface area contributed by atoms with E-state index in [1.54, 1.807) is 13.2 Å². The smallest absolute Gasteiger partial charge is 0.255 e. The van der Waals surface area contributed by atoms with Gasteiger partial charge >= 0.3 is 0 Å². The van der Waals surface area contributed by atoms with Gasteiger partial charge in [-0.25, -0.2) is 4.98 Å². The number of aromatic nitrogens is 1. The van der Waals surface area contributed by atoms with Crippen LogP contribution in [0.25, 0.3) is 0 Å². The minimum atomic E-state index is -0.0501. The van der Waals surface area contributed by atoms with Crippen LogP contribution in [-0.2, 0) is 0 Å². The number of rotatable bonds is 3. The van der Waals surface area contributed by atoms with E-state index < -0.39 is 0 Å². The van der Waals surface area contributed by atoms with E-state index in [4.69, 9.17) is 0 Å². The summed E-state index contributed by atoms with van der Waals surface area (Å²) in [6.07, 6.45) is 6.19. The summed E-state index contributed by atoms with van der Waals surface area (Å²) >= 11 is 3.37. The Balaban J connectivity index is 2.10. The van der Waals surface area contributed by atoms with Gasteiger partial charge in [-0.1, -0.05) is 20.3 Å². The highest BCUT2D eigenvalue weighted by molar-refractivity contribution is 9.10. The fourth-order valence-corrected chi connectivity index (χ4v) is 3.23. The predicted octanol–water partition coefficient (Wildman–Crippen LogP) is 3.58. The van der Waals surface area contributed by atoms with Crippen LogP contribution in [0.15, 0.2) is 16.7 Å². The molecular weight excluding hydrogens is 318 g/mol. The van der Waals surface area contributed by atoms with Crippen molar-refractivity contribution >= 4 is 27.7 Å². The third kappa shape index (κ3) is 3.72. The summed E-state index contributed by atoms with van der Waals surface area (Å²) in [5.74, 6) is 0.562. The molecule has 0 saturated heterocycles. The molecule has 0 radical (unpaired) electrons. The maximum absolute atomic E-state index is 12.4. The molecule has 1 aliphatic carbocycles. The largest absolute Gasteiger partial charge is 0.372 e. The van der Waals surface area contributed by atoms with E-state index in [0.717, 1.165) is 17.3 Å². The molecule has 110 valence electrons. The molecule has 1 fully saturated rings. The first-order chi connectivity index (χ1) is 9.41. The van der Waals surface area contributed by atoms with E-state index in [2.05, 4.69) is 45.4 Å². The van der Waals surface area contributed by atoms with Crippen molar-refractivity contribution in [2.45, 2.75) is 45.6 Å². The SMILES string of the molecule is CNc1ncc(Br)cc1C(=O)NC1CCCC(C)(C)C1. The summed E-state index contributed by atoms with van der Waals surface area (Å²) in [6.45, 7) is 4.54. The number of hydrogen-bond acceptors (Lipinski definition) is 3. The molecule has 0 aliphatic heterocycles. The number of anilines is 1. The number of hydrogen-bond donors (Lipinski definition) is 2. The fourth-order valence-electron chi connectivity index (χ4n) is 2.90. The van der Waals surface area contributed by atoms with Crippen LogP contribution in [0.3, 0.4) is 0 Å². The van der Waals surface area contributed by atoms with Crippen molar-refractivity contribution in [1.82, 2.24) is 10.3 Å². The molecule has 1 unspecified atom stereocenters. The average Bonchev–Trinajstić information content (AvgIpc) is 2.37. The zero-order valence-corrected chi connectivity index (χ0v) is 13.9. The Kier molecular flexibility index (Phi) is 4.68. The Labute approximate surface area is 128 Å². The molecule has 2 N–H and O–H groups in total. The van der Waals surface area contributed by atoms with Crippen LogP contribution in [-0.4, -0.2) is 24.0 Å². The number of pyridine rings is 1. The molecule has 0 bridgehead atoms. The molecule has 1 aromatic rings. The van der Waals surface area contributed by atoms with Crippen LogP contribution >= 0.6 is 15.9 Å². The van der Waals surface area contributed by atoms with Gasteiger partial charge in [0.05, 0.1) is 5.56 Å². The number of halogens is 1. The van der Waals surface area contributed by atoms with Gasteiger partial charge in [0.15, 0.2) is 0 Å². The van der Waals surface area contributed by atoms with Gasteiger partial charge in [-0.2, -0.15) is 0 Å². The first-order valence-electron chi connectivity index (χ1n) is 7.05. The quantitative estimate of drug-likeness (QED) is 0.884. The van der Waals surface area contributed by atoms with Crippen molar-refractivity contribution in [3.05, 3.63) is 22.3 Å². The fraction of sp³-hybridized carbons (Fsp3) is 0.600. The maximum Gasteiger partial charge on any atom is 0.255 e. The van der Waals surface area contributed by atoms with Crippen LogP contribution in [0.4, 0.5) is 5.82 Å². The van der Waals surface area contributed by atoms with Crippen molar-refractivity contribution in [3.63, 3.8) is 0 Å². The minimum absolute atomic E-state index is 0.0501. The maximum atomic E-state index is 12.4. The molecule has 1 aromatic heterocycles. The van der Waals surface area contributed by atoms with Gasteiger partial charge in [-0.3, -0.25) is 4.79 Å². The Hall–Kier alpha value is -1.10. The molecule has 1 aliphatic rings. The molecule has 0 aromatic carbocycles. The molecule has 1 atom stereocenters. The Morgan fingerprint density at radius 3 is 2.90 bits per heavy atom. The van der Waals surface area contributed by atoms with Gasteiger partial charge in [0.25, 0.3) is 5.91 Å². The summed E-state index contributed by atoms with van der Waals surface area (Å²) in [6, 6.07) is 2.07. The second kappa shape index (κ2) is 6.12. The minimum Gasteiger partial charge on any atom is -0.372 e. The van der Waals surface area contributed by atoms with Crippen molar-refractivity contribution in [2.24, 2.45) is 5.41 Å². The van der Waals surface area contributed by atoms with Gasteiger partial charge in [0.1, 0.15) is 5.82 Å². The number of carbonyl (C=O) groups is 1. The predicted molar refractivity (Wildman–Crippen MR) is 85.0 cm³/mol. The van der Waals surface area contributed by atoms with Gasteiger partial charge in [-0.15, -0.1) is 0 Å². The molecule has 1 amide bonds. The number of nitrogens with zero attached hydrogens (tertiary/aromatic N) is 1. The van der Waals surface area contributed by atoms with E-state index in [0.29, 0.717) is 16.8 Å². The first-order valence-corrected chi connectivity index (χ1v) is 7.85. The van der Waals surface area contributed by atoms with Gasteiger partial charge < -0.3 is 10.6 Å². The van der Waals surface area contributed by atoms with Crippen LogP contribution in [0.1, 0.15) is 49.9 Å². The van der Waals surface area contributed by atoms with Crippen LogP contribution in [0.5, 0.6) is 0 Å². The van der Waals surface area contributed by atoms with Crippen molar-refractivity contribution in [1.29, 1.82) is 0 Å². The lowest BCUT2D eigenvalue weighted by molar-refractivity contribution is 0.0903. The third-order valence-corrected chi connectivity index (χ3v) is 4.31. The van der Waals surface area contributed by atoms with E-state index >= 15 is 0 Å². The van der Waals surface area contributed by atoms with Crippen molar-refractivity contribution < 1.29 is 4.79 Å². The molecule has 1 heterocycles. The molecule has 20 heavy (non-hydrogen) atoms.